The molecule has 0 aliphatic heterocycles. The van der Waals surface area contributed by atoms with Crippen LogP contribution in [0.25, 0.3) is 0 Å². The second-order valence-corrected chi connectivity index (χ2v) is 6.33. The van der Waals surface area contributed by atoms with Crippen LogP contribution in [0.3, 0.4) is 0 Å². The van der Waals surface area contributed by atoms with E-state index in [2.05, 4.69) is 36.1 Å². The number of aryl methyl sites for hydroxylation is 1. The van der Waals surface area contributed by atoms with Gasteiger partial charge in [0.25, 0.3) is 0 Å². The monoisotopic (exact) mass is 305 g/mol. The minimum Gasteiger partial charge on any atom is -0.437 e. The molecule has 1 N–H and O–H groups in total. The Morgan fingerprint density at radius 1 is 1.19 bits per heavy atom. The van der Waals surface area contributed by atoms with Crippen LogP contribution in [0.1, 0.15) is 32.2 Å². The summed E-state index contributed by atoms with van der Waals surface area (Å²) in [6.45, 7) is 8.81. The Hall–Kier alpha value is -1.65. The molecule has 0 aromatic carbocycles. The molecule has 0 aliphatic rings. The van der Waals surface area contributed by atoms with Crippen molar-refractivity contribution >= 4 is 11.6 Å². The maximum atomic E-state index is 6.18. The van der Waals surface area contributed by atoms with Gasteiger partial charge in [-0.25, -0.2) is 4.98 Å². The quantitative estimate of drug-likeness (QED) is 0.923. The first kappa shape index (κ1) is 15.7. The van der Waals surface area contributed by atoms with Crippen LogP contribution in [-0.2, 0) is 6.54 Å². The highest BCUT2D eigenvalue weighted by Gasteiger charge is 2.12. The molecular weight excluding hydrogens is 286 g/mol. The Balaban J connectivity index is 2.12. The fraction of sp³-hybridized carbons (Fsp3) is 0.375. The van der Waals surface area contributed by atoms with E-state index in [1.54, 1.807) is 18.3 Å². The Labute approximate surface area is 130 Å². The number of rotatable bonds is 4. The van der Waals surface area contributed by atoms with Crippen molar-refractivity contribution in [3.8, 4) is 11.6 Å². The van der Waals surface area contributed by atoms with Gasteiger partial charge in [-0.1, -0.05) is 11.6 Å². The van der Waals surface area contributed by atoms with Gasteiger partial charge < -0.3 is 10.1 Å². The molecule has 4 nitrogen and oxygen atoms in total. The lowest BCUT2D eigenvalue weighted by atomic mass is 10.1. The van der Waals surface area contributed by atoms with Crippen molar-refractivity contribution in [1.29, 1.82) is 0 Å². The summed E-state index contributed by atoms with van der Waals surface area (Å²) >= 11 is 6.18. The highest BCUT2D eigenvalue weighted by molar-refractivity contribution is 6.31. The smallest absolute Gasteiger partial charge is 0.219 e. The van der Waals surface area contributed by atoms with Crippen LogP contribution in [0.2, 0.25) is 5.02 Å². The van der Waals surface area contributed by atoms with E-state index in [0.29, 0.717) is 23.2 Å². The van der Waals surface area contributed by atoms with Gasteiger partial charge in [0.05, 0.1) is 16.9 Å². The van der Waals surface area contributed by atoms with E-state index >= 15 is 0 Å². The number of nitrogens with one attached hydrogen (secondary N) is 1. The van der Waals surface area contributed by atoms with Gasteiger partial charge in [0, 0.05) is 23.8 Å². The van der Waals surface area contributed by atoms with Gasteiger partial charge in [-0.05, 0) is 45.9 Å². The second kappa shape index (κ2) is 6.41. The summed E-state index contributed by atoms with van der Waals surface area (Å²) in [7, 11) is 0. The van der Waals surface area contributed by atoms with E-state index in [0.717, 1.165) is 11.4 Å². The third-order valence-corrected chi connectivity index (χ3v) is 3.13. The minimum atomic E-state index is 0.00273. The van der Waals surface area contributed by atoms with E-state index in [-0.39, 0.29) is 5.54 Å². The molecule has 2 rings (SSSR count). The highest BCUT2D eigenvalue weighted by atomic mass is 35.5. The van der Waals surface area contributed by atoms with Crippen molar-refractivity contribution in [1.82, 2.24) is 15.3 Å². The molecule has 2 aromatic heterocycles. The third-order valence-electron chi connectivity index (χ3n) is 2.79. The zero-order valence-electron chi connectivity index (χ0n) is 12.8. The van der Waals surface area contributed by atoms with Gasteiger partial charge in [-0.15, -0.1) is 0 Å². The minimum absolute atomic E-state index is 0.00273. The van der Waals surface area contributed by atoms with E-state index in [9.17, 15) is 0 Å². The van der Waals surface area contributed by atoms with Crippen LogP contribution in [0.4, 0.5) is 0 Å². The summed E-state index contributed by atoms with van der Waals surface area (Å²) in [5, 5.41) is 3.99. The van der Waals surface area contributed by atoms with Gasteiger partial charge in [0.1, 0.15) is 5.75 Å². The number of hydrogen-bond donors (Lipinski definition) is 1. The summed E-state index contributed by atoms with van der Waals surface area (Å²) in [6, 6.07) is 7.31. The molecule has 2 heterocycles. The van der Waals surface area contributed by atoms with Crippen LogP contribution in [0.15, 0.2) is 30.5 Å². The van der Waals surface area contributed by atoms with E-state index < -0.39 is 0 Å². The maximum absolute atomic E-state index is 6.18. The van der Waals surface area contributed by atoms with E-state index in [1.165, 1.54) is 0 Å². The first-order valence-corrected chi connectivity index (χ1v) is 7.22. The average molecular weight is 306 g/mol. The lowest BCUT2D eigenvalue weighted by Gasteiger charge is -2.20. The van der Waals surface area contributed by atoms with Gasteiger partial charge in [-0.3, -0.25) is 4.98 Å². The van der Waals surface area contributed by atoms with Crippen molar-refractivity contribution in [2.75, 3.05) is 0 Å². The summed E-state index contributed by atoms with van der Waals surface area (Å²) < 4.78 is 5.70. The fourth-order valence-corrected chi connectivity index (χ4v) is 1.80. The van der Waals surface area contributed by atoms with E-state index in [4.69, 9.17) is 16.3 Å². The lowest BCUT2D eigenvalue weighted by molar-refractivity contribution is 0.416. The number of ether oxygens (including phenoxy) is 1. The normalized spacial score (nSPS) is 11.5. The number of pyridine rings is 2. The Bertz CT molecular complexity index is 606. The zero-order chi connectivity index (χ0) is 15.5. The first-order valence-electron chi connectivity index (χ1n) is 6.84. The standard InChI is InChI=1S/C16H20ClN3O/c1-11-5-6-12(9-18-11)21-15-8-7-13(17)14(20-15)10-19-16(2,3)4/h5-9,19H,10H2,1-4H3. The number of hydrogen-bond acceptors (Lipinski definition) is 4. The molecule has 5 heteroatoms. The third kappa shape index (κ3) is 4.99. The fourth-order valence-electron chi connectivity index (χ4n) is 1.63. The van der Waals surface area contributed by atoms with Crippen LogP contribution < -0.4 is 10.1 Å². The van der Waals surface area contributed by atoms with E-state index in [1.807, 2.05) is 19.1 Å². The predicted molar refractivity (Wildman–Crippen MR) is 84.9 cm³/mol. The Kier molecular flexibility index (Phi) is 4.80. The Morgan fingerprint density at radius 3 is 2.57 bits per heavy atom. The van der Waals surface area contributed by atoms with Crippen molar-refractivity contribution in [3.63, 3.8) is 0 Å². The lowest BCUT2D eigenvalue weighted by Crippen LogP contribution is -2.35. The topological polar surface area (TPSA) is 47.0 Å². The maximum Gasteiger partial charge on any atom is 0.219 e. The first-order chi connectivity index (χ1) is 9.83. The molecule has 21 heavy (non-hydrogen) atoms. The van der Waals surface area contributed by atoms with Crippen molar-refractivity contribution in [2.45, 2.75) is 39.8 Å². The molecule has 0 aliphatic carbocycles. The number of nitrogens with zero attached hydrogens (tertiary/aromatic N) is 2. The summed E-state index contributed by atoms with van der Waals surface area (Å²) in [6.07, 6.45) is 1.68. The van der Waals surface area contributed by atoms with Crippen LogP contribution in [0, 0.1) is 6.92 Å². The van der Waals surface area contributed by atoms with Crippen molar-refractivity contribution in [3.05, 3.63) is 46.9 Å². The van der Waals surface area contributed by atoms with Gasteiger partial charge in [0.15, 0.2) is 0 Å². The van der Waals surface area contributed by atoms with Crippen LogP contribution in [0.5, 0.6) is 11.6 Å². The predicted octanol–water partition coefficient (Wildman–Crippen LogP) is 4.12. The number of aromatic nitrogens is 2. The molecule has 0 spiro atoms. The Morgan fingerprint density at radius 2 is 1.95 bits per heavy atom. The van der Waals surface area contributed by atoms with Crippen molar-refractivity contribution in [2.24, 2.45) is 0 Å². The summed E-state index contributed by atoms with van der Waals surface area (Å²) in [4.78, 5) is 8.64. The largest absolute Gasteiger partial charge is 0.437 e. The van der Waals surface area contributed by atoms with Gasteiger partial charge in [0.2, 0.25) is 5.88 Å². The molecule has 0 amide bonds. The van der Waals surface area contributed by atoms with Crippen LogP contribution in [-0.4, -0.2) is 15.5 Å². The second-order valence-electron chi connectivity index (χ2n) is 5.92. The molecule has 112 valence electrons. The average Bonchev–Trinajstić information content (AvgIpc) is 2.41. The summed E-state index contributed by atoms with van der Waals surface area (Å²) in [5.74, 6) is 1.17. The SMILES string of the molecule is Cc1ccc(Oc2ccc(Cl)c(CNC(C)(C)C)n2)cn1. The van der Waals surface area contributed by atoms with Gasteiger partial charge in [-0.2, -0.15) is 0 Å². The molecule has 0 bridgehead atoms. The molecule has 0 atom stereocenters. The molecule has 0 fully saturated rings. The van der Waals surface area contributed by atoms with Gasteiger partial charge >= 0.3 is 0 Å². The summed E-state index contributed by atoms with van der Waals surface area (Å²) in [5.41, 5.74) is 1.72. The molecule has 0 saturated carbocycles. The van der Waals surface area contributed by atoms with Crippen molar-refractivity contribution < 1.29 is 4.74 Å². The highest BCUT2D eigenvalue weighted by Crippen LogP contribution is 2.23. The molecular formula is C16H20ClN3O. The zero-order valence-corrected chi connectivity index (χ0v) is 13.5. The number of halogens is 1. The van der Waals surface area contributed by atoms with Crippen LogP contribution >= 0.6 is 11.6 Å². The molecule has 2 aromatic rings. The molecule has 0 unspecified atom stereocenters. The molecule has 0 radical (unpaired) electrons. The molecule has 0 saturated heterocycles.